The van der Waals surface area contributed by atoms with Gasteiger partial charge in [-0.1, -0.05) is 71.3 Å². The Morgan fingerprint density at radius 1 is 1.03 bits per heavy atom. The Kier molecular flexibility index (Phi) is 6.59. The van der Waals surface area contributed by atoms with Crippen LogP contribution in [0.25, 0.3) is 11.6 Å². The number of hydrogen-bond acceptors (Lipinski definition) is 3. The van der Waals surface area contributed by atoms with Gasteiger partial charge in [0.15, 0.2) is 11.5 Å². The van der Waals surface area contributed by atoms with Gasteiger partial charge >= 0.3 is 0 Å². The third kappa shape index (κ3) is 5.19. The van der Waals surface area contributed by atoms with Crippen molar-refractivity contribution in [3.05, 3.63) is 93.5 Å². The predicted molar refractivity (Wildman–Crippen MR) is 118 cm³/mol. The molecule has 0 fully saturated rings. The van der Waals surface area contributed by atoms with Gasteiger partial charge in [-0.15, -0.1) is 0 Å². The average Bonchev–Trinajstić information content (AvgIpc) is 2.71. The largest absolute Gasteiger partial charge is 0.493 e. The number of nitriles is 1. The predicted octanol–water partition coefficient (Wildman–Crippen LogP) is 6.61. The van der Waals surface area contributed by atoms with E-state index in [0.29, 0.717) is 28.7 Å². The molecular weight excluding hydrogens is 382 g/mol. The molecule has 0 atom stereocenters. The molecule has 0 unspecified atom stereocenters. The van der Waals surface area contributed by atoms with Crippen LogP contribution in [0.3, 0.4) is 0 Å². The standard InChI is InChI=1S/C25H22ClNO2/c1-17-7-9-21(10-8-17)22(15-27)12-20-13-23(26)25(24(14-20)28-3)29-16-19-6-4-5-18(2)11-19/h4-14H,16H2,1-3H3. The molecular formula is C25H22ClNO2. The minimum atomic E-state index is 0.389. The highest BCUT2D eigenvalue weighted by Crippen LogP contribution is 2.38. The van der Waals surface area contributed by atoms with Gasteiger partial charge in [-0.05, 0) is 48.7 Å². The van der Waals surface area contributed by atoms with Crippen LogP contribution in [0.1, 0.15) is 27.8 Å². The number of nitrogens with zero attached hydrogens (tertiary/aromatic N) is 1. The van der Waals surface area contributed by atoms with E-state index in [0.717, 1.165) is 22.3 Å². The summed E-state index contributed by atoms with van der Waals surface area (Å²) in [5, 5.41) is 10.0. The Labute approximate surface area is 176 Å². The van der Waals surface area contributed by atoms with Crippen molar-refractivity contribution in [2.45, 2.75) is 20.5 Å². The normalized spacial score (nSPS) is 11.1. The summed E-state index contributed by atoms with van der Waals surface area (Å²) >= 11 is 6.49. The maximum Gasteiger partial charge on any atom is 0.180 e. The number of rotatable bonds is 6. The lowest BCUT2D eigenvalue weighted by Crippen LogP contribution is -1.99. The van der Waals surface area contributed by atoms with Crippen molar-refractivity contribution in [3.8, 4) is 17.6 Å². The fourth-order valence-corrected chi connectivity index (χ4v) is 3.27. The van der Waals surface area contributed by atoms with Crippen LogP contribution < -0.4 is 9.47 Å². The number of aryl methyl sites for hydroxylation is 2. The summed E-state index contributed by atoms with van der Waals surface area (Å²) in [5.41, 5.74) is 5.55. The summed E-state index contributed by atoms with van der Waals surface area (Å²) in [5.74, 6) is 1.01. The highest BCUT2D eigenvalue weighted by molar-refractivity contribution is 6.32. The van der Waals surface area contributed by atoms with E-state index < -0.39 is 0 Å². The molecule has 0 bridgehead atoms. The molecule has 0 amide bonds. The van der Waals surface area contributed by atoms with Crippen molar-refractivity contribution >= 4 is 23.3 Å². The van der Waals surface area contributed by atoms with E-state index >= 15 is 0 Å². The zero-order valence-electron chi connectivity index (χ0n) is 16.7. The third-order valence-corrected chi connectivity index (χ3v) is 4.79. The van der Waals surface area contributed by atoms with E-state index in [-0.39, 0.29) is 0 Å². The fourth-order valence-electron chi connectivity index (χ4n) is 3.00. The molecule has 29 heavy (non-hydrogen) atoms. The van der Waals surface area contributed by atoms with Gasteiger partial charge in [0.2, 0.25) is 0 Å². The van der Waals surface area contributed by atoms with E-state index in [1.54, 1.807) is 19.3 Å². The lowest BCUT2D eigenvalue weighted by atomic mass is 10.0. The summed E-state index contributed by atoms with van der Waals surface area (Å²) in [7, 11) is 1.57. The Morgan fingerprint density at radius 3 is 2.45 bits per heavy atom. The number of benzene rings is 3. The Bertz CT molecular complexity index is 1080. The first-order chi connectivity index (χ1) is 14.0. The van der Waals surface area contributed by atoms with Crippen LogP contribution in [0.5, 0.6) is 11.5 Å². The van der Waals surface area contributed by atoms with Gasteiger partial charge in [-0.25, -0.2) is 0 Å². The van der Waals surface area contributed by atoms with E-state index in [2.05, 4.69) is 12.1 Å². The van der Waals surface area contributed by atoms with Gasteiger partial charge in [0.25, 0.3) is 0 Å². The van der Waals surface area contributed by atoms with Gasteiger partial charge in [0.05, 0.1) is 23.8 Å². The number of ether oxygens (including phenoxy) is 2. The molecule has 3 rings (SSSR count). The first-order valence-electron chi connectivity index (χ1n) is 9.25. The smallest absolute Gasteiger partial charge is 0.180 e. The van der Waals surface area contributed by atoms with Crippen LogP contribution in [0.15, 0.2) is 60.7 Å². The van der Waals surface area contributed by atoms with E-state index in [4.69, 9.17) is 21.1 Å². The van der Waals surface area contributed by atoms with Crippen molar-refractivity contribution in [1.82, 2.24) is 0 Å². The first kappa shape index (κ1) is 20.5. The molecule has 3 aromatic carbocycles. The molecule has 4 heteroatoms. The molecule has 0 aliphatic carbocycles. The molecule has 0 radical (unpaired) electrons. The zero-order chi connectivity index (χ0) is 20.8. The molecule has 146 valence electrons. The minimum Gasteiger partial charge on any atom is -0.493 e. The SMILES string of the molecule is COc1cc(C=C(C#N)c2ccc(C)cc2)cc(Cl)c1OCc1cccc(C)c1. The quantitative estimate of drug-likeness (QED) is 0.343. The van der Waals surface area contributed by atoms with Gasteiger partial charge in [-0.2, -0.15) is 5.26 Å². The molecule has 0 saturated heterocycles. The number of hydrogen-bond donors (Lipinski definition) is 0. The zero-order valence-corrected chi connectivity index (χ0v) is 17.5. The molecule has 0 saturated carbocycles. The van der Waals surface area contributed by atoms with E-state index in [9.17, 15) is 5.26 Å². The minimum absolute atomic E-state index is 0.389. The van der Waals surface area contributed by atoms with Crippen molar-refractivity contribution in [2.24, 2.45) is 0 Å². The Hall–Kier alpha value is -3.22. The monoisotopic (exact) mass is 403 g/mol. The lowest BCUT2D eigenvalue weighted by molar-refractivity contribution is 0.284. The van der Waals surface area contributed by atoms with Gasteiger partial charge in [0, 0.05) is 0 Å². The summed E-state index contributed by atoms with van der Waals surface area (Å²) in [6.45, 7) is 4.44. The Morgan fingerprint density at radius 2 is 1.79 bits per heavy atom. The van der Waals surface area contributed by atoms with Crippen molar-refractivity contribution in [2.75, 3.05) is 7.11 Å². The summed E-state index contributed by atoms with van der Waals surface area (Å²) in [6.07, 6.45) is 1.80. The van der Waals surface area contributed by atoms with Gasteiger partial charge < -0.3 is 9.47 Å². The van der Waals surface area contributed by atoms with Crippen LogP contribution in [0.2, 0.25) is 5.02 Å². The number of methoxy groups -OCH3 is 1. The van der Waals surface area contributed by atoms with Crippen LogP contribution >= 0.6 is 11.6 Å². The molecule has 3 nitrogen and oxygen atoms in total. The van der Waals surface area contributed by atoms with Gasteiger partial charge in [0.1, 0.15) is 6.61 Å². The van der Waals surface area contributed by atoms with Crippen molar-refractivity contribution in [3.63, 3.8) is 0 Å². The second kappa shape index (κ2) is 9.32. The molecule has 3 aromatic rings. The van der Waals surface area contributed by atoms with E-state index in [1.165, 1.54) is 5.56 Å². The van der Waals surface area contributed by atoms with E-state index in [1.807, 2.05) is 62.4 Å². The lowest BCUT2D eigenvalue weighted by Gasteiger charge is -2.14. The van der Waals surface area contributed by atoms with Crippen LogP contribution in [0, 0.1) is 25.2 Å². The summed E-state index contributed by atoms with van der Waals surface area (Å²) in [6, 6.07) is 21.8. The van der Waals surface area contributed by atoms with Crippen molar-refractivity contribution < 1.29 is 9.47 Å². The Balaban J connectivity index is 1.89. The maximum absolute atomic E-state index is 9.59. The molecule has 0 aromatic heterocycles. The second-order valence-electron chi connectivity index (χ2n) is 6.85. The number of halogens is 1. The average molecular weight is 404 g/mol. The summed E-state index contributed by atoms with van der Waals surface area (Å²) < 4.78 is 11.4. The number of allylic oxidation sites excluding steroid dienone is 1. The summed E-state index contributed by atoms with van der Waals surface area (Å²) in [4.78, 5) is 0. The molecule has 0 N–H and O–H groups in total. The molecule has 0 heterocycles. The highest BCUT2D eigenvalue weighted by atomic mass is 35.5. The highest BCUT2D eigenvalue weighted by Gasteiger charge is 2.13. The van der Waals surface area contributed by atoms with Crippen LogP contribution in [-0.4, -0.2) is 7.11 Å². The maximum atomic E-state index is 9.59. The van der Waals surface area contributed by atoms with Crippen LogP contribution in [-0.2, 0) is 6.61 Å². The van der Waals surface area contributed by atoms with Crippen molar-refractivity contribution in [1.29, 1.82) is 5.26 Å². The third-order valence-electron chi connectivity index (χ3n) is 4.51. The molecule has 0 aliphatic heterocycles. The van der Waals surface area contributed by atoms with Crippen LogP contribution in [0.4, 0.5) is 0 Å². The van der Waals surface area contributed by atoms with Gasteiger partial charge in [-0.3, -0.25) is 0 Å². The second-order valence-corrected chi connectivity index (χ2v) is 7.25. The fraction of sp³-hybridized carbons (Fsp3) is 0.160. The topological polar surface area (TPSA) is 42.2 Å². The first-order valence-corrected chi connectivity index (χ1v) is 9.62. The molecule has 0 spiro atoms. The molecule has 0 aliphatic rings.